The fourth-order valence-corrected chi connectivity index (χ4v) is 2.64. The molecule has 2 N–H and O–H groups in total. The Morgan fingerprint density at radius 2 is 2.26 bits per heavy atom. The van der Waals surface area contributed by atoms with Gasteiger partial charge in [-0.2, -0.15) is 0 Å². The zero-order valence-corrected chi connectivity index (χ0v) is 13.4. The molecule has 8 heteroatoms. The van der Waals surface area contributed by atoms with E-state index >= 15 is 0 Å². The van der Waals surface area contributed by atoms with Crippen molar-refractivity contribution in [3.8, 4) is 0 Å². The molecule has 1 heterocycles. The molecule has 126 valence electrons. The number of carbonyl (C=O) groups is 2. The van der Waals surface area contributed by atoms with Crippen LogP contribution in [0, 0.1) is 5.82 Å². The van der Waals surface area contributed by atoms with Gasteiger partial charge in [0.15, 0.2) is 0 Å². The number of halogens is 2. The maximum Gasteiger partial charge on any atom is 0.410 e. The number of rotatable bonds is 5. The summed E-state index contributed by atoms with van der Waals surface area (Å²) in [7, 11) is 0. The summed E-state index contributed by atoms with van der Waals surface area (Å²) >= 11 is 5.72. The van der Waals surface area contributed by atoms with Crippen molar-refractivity contribution in [2.45, 2.75) is 32.1 Å². The maximum absolute atomic E-state index is 13.2. The SMILES string of the molecule is CCCN1CC[C@@](O)(OC(=O)NCc2cc(F)cc(Cl)c2)C1=O. The quantitative estimate of drug-likeness (QED) is 0.801. The minimum atomic E-state index is -2.14. The second kappa shape index (κ2) is 7.14. The molecule has 6 nitrogen and oxygen atoms in total. The van der Waals surface area contributed by atoms with Gasteiger partial charge in [-0.25, -0.2) is 9.18 Å². The van der Waals surface area contributed by atoms with Crippen molar-refractivity contribution in [3.05, 3.63) is 34.6 Å². The molecule has 1 aromatic carbocycles. The van der Waals surface area contributed by atoms with Crippen molar-refractivity contribution < 1.29 is 23.8 Å². The third-order valence-electron chi connectivity index (χ3n) is 3.46. The van der Waals surface area contributed by atoms with E-state index in [2.05, 4.69) is 5.32 Å². The van der Waals surface area contributed by atoms with Crippen LogP contribution in [0.5, 0.6) is 0 Å². The van der Waals surface area contributed by atoms with Crippen LogP contribution >= 0.6 is 11.6 Å². The Morgan fingerprint density at radius 1 is 1.52 bits per heavy atom. The normalized spacial score (nSPS) is 20.7. The van der Waals surface area contributed by atoms with Gasteiger partial charge < -0.3 is 20.1 Å². The van der Waals surface area contributed by atoms with E-state index in [1.807, 2.05) is 6.92 Å². The van der Waals surface area contributed by atoms with Crippen molar-refractivity contribution in [2.75, 3.05) is 13.1 Å². The number of nitrogens with one attached hydrogen (secondary N) is 1. The third-order valence-corrected chi connectivity index (χ3v) is 3.67. The first-order valence-electron chi connectivity index (χ1n) is 7.27. The van der Waals surface area contributed by atoms with Gasteiger partial charge in [-0.1, -0.05) is 18.5 Å². The van der Waals surface area contributed by atoms with Gasteiger partial charge in [-0.3, -0.25) is 4.79 Å². The molecule has 1 aliphatic heterocycles. The minimum absolute atomic E-state index is 0.0189. The largest absolute Gasteiger partial charge is 0.410 e. The Kier molecular flexibility index (Phi) is 5.43. The molecule has 0 bridgehead atoms. The van der Waals surface area contributed by atoms with Crippen LogP contribution in [0.4, 0.5) is 9.18 Å². The Bertz CT molecular complexity index is 593. The molecule has 1 aromatic rings. The average Bonchev–Trinajstić information content (AvgIpc) is 2.73. The van der Waals surface area contributed by atoms with Gasteiger partial charge in [-0.15, -0.1) is 0 Å². The lowest BCUT2D eigenvalue weighted by Crippen LogP contribution is -2.46. The van der Waals surface area contributed by atoms with E-state index in [1.54, 1.807) is 0 Å². The van der Waals surface area contributed by atoms with Gasteiger partial charge in [0.2, 0.25) is 0 Å². The van der Waals surface area contributed by atoms with Crippen LogP contribution in [0.3, 0.4) is 0 Å². The van der Waals surface area contributed by atoms with Gasteiger partial charge in [0.25, 0.3) is 11.7 Å². The van der Waals surface area contributed by atoms with Crippen LogP contribution < -0.4 is 5.32 Å². The fourth-order valence-electron chi connectivity index (χ4n) is 2.40. The standard InChI is InChI=1S/C15H18ClFN2O4/c1-2-4-19-5-3-15(22,13(19)20)23-14(21)18-9-10-6-11(16)8-12(17)7-10/h6-8,22H,2-5,9H2,1H3,(H,18,21)/t15-/m1/s1. The Hall–Kier alpha value is -1.86. The molecule has 0 aromatic heterocycles. The summed E-state index contributed by atoms with van der Waals surface area (Å²) in [6.45, 7) is 2.69. The number of aliphatic hydroxyl groups is 1. The highest BCUT2D eigenvalue weighted by molar-refractivity contribution is 6.30. The molecule has 0 aliphatic carbocycles. The Morgan fingerprint density at radius 3 is 2.91 bits per heavy atom. The van der Waals surface area contributed by atoms with Crippen LogP contribution in [-0.4, -0.2) is 40.9 Å². The lowest BCUT2D eigenvalue weighted by atomic mass is 10.2. The first-order valence-corrected chi connectivity index (χ1v) is 7.65. The maximum atomic E-state index is 13.2. The van der Waals surface area contributed by atoms with Gasteiger partial charge in [0, 0.05) is 31.1 Å². The van der Waals surface area contributed by atoms with Gasteiger partial charge in [0.05, 0.1) is 0 Å². The lowest BCUT2D eigenvalue weighted by molar-refractivity contribution is -0.182. The first-order chi connectivity index (χ1) is 10.8. The highest BCUT2D eigenvalue weighted by atomic mass is 35.5. The predicted molar refractivity (Wildman–Crippen MR) is 81.2 cm³/mol. The number of hydrogen-bond donors (Lipinski definition) is 2. The number of ether oxygens (including phenoxy) is 1. The molecule has 23 heavy (non-hydrogen) atoms. The van der Waals surface area contributed by atoms with Crippen LogP contribution in [0.2, 0.25) is 5.02 Å². The van der Waals surface area contributed by atoms with Crippen molar-refractivity contribution in [1.82, 2.24) is 10.2 Å². The smallest absolute Gasteiger partial charge is 0.407 e. The minimum Gasteiger partial charge on any atom is -0.407 e. The summed E-state index contributed by atoms with van der Waals surface area (Å²) in [6, 6.07) is 3.85. The third kappa shape index (κ3) is 4.33. The number of nitrogens with zero attached hydrogens (tertiary/aromatic N) is 1. The van der Waals surface area contributed by atoms with Crippen LogP contribution in [0.15, 0.2) is 18.2 Å². The topological polar surface area (TPSA) is 78.9 Å². The monoisotopic (exact) mass is 344 g/mol. The Balaban J connectivity index is 1.90. The molecule has 0 unspecified atom stereocenters. The van der Waals surface area contributed by atoms with Crippen molar-refractivity contribution >= 4 is 23.6 Å². The molecular formula is C15H18ClFN2O4. The van der Waals surface area contributed by atoms with E-state index in [0.717, 1.165) is 12.5 Å². The second-order valence-corrected chi connectivity index (χ2v) is 5.78. The number of hydrogen-bond acceptors (Lipinski definition) is 4. The van der Waals surface area contributed by atoms with Gasteiger partial charge in [-0.05, 0) is 30.2 Å². The fraction of sp³-hybridized carbons (Fsp3) is 0.467. The molecule has 1 aliphatic rings. The molecule has 1 saturated heterocycles. The highest BCUT2D eigenvalue weighted by Crippen LogP contribution is 2.24. The summed E-state index contributed by atoms with van der Waals surface area (Å²) in [4.78, 5) is 25.2. The summed E-state index contributed by atoms with van der Waals surface area (Å²) < 4.78 is 18.0. The van der Waals surface area contributed by atoms with Crippen LogP contribution in [-0.2, 0) is 16.1 Å². The molecule has 1 fully saturated rings. The summed E-state index contributed by atoms with van der Waals surface area (Å²) in [5.41, 5.74) is 0.435. The molecular weight excluding hydrogens is 327 g/mol. The lowest BCUT2D eigenvalue weighted by Gasteiger charge is -2.22. The average molecular weight is 345 g/mol. The molecule has 1 atom stereocenters. The van der Waals surface area contributed by atoms with E-state index in [-0.39, 0.29) is 18.0 Å². The van der Waals surface area contributed by atoms with E-state index in [4.69, 9.17) is 16.3 Å². The van der Waals surface area contributed by atoms with Crippen molar-refractivity contribution in [2.24, 2.45) is 0 Å². The highest BCUT2D eigenvalue weighted by Gasteiger charge is 2.48. The van der Waals surface area contributed by atoms with Gasteiger partial charge >= 0.3 is 6.09 Å². The number of likely N-dealkylation sites (tertiary alicyclic amines) is 1. The summed E-state index contributed by atoms with van der Waals surface area (Å²) in [6.07, 6.45) is -0.195. The van der Waals surface area contributed by atoms with Crippen molar-refractivity contribution in [3.63, 3.8) is 0 Å². The summed E-state index contributed by atoms with van der Waals surface area (Å²) in [5, 5.41) is 12.7. The zero-order chi connectivity index (χ0) is 17.0. The zero-order valence-electron chi connectivity index (χ0n) is 12.6. The van der Waals surface area contributed by atoms with E-state index in [9.17, 15) is 19.1 Å². The summed E-state index contributed by atoms with van der Waals surface area (Å²) in [5.74, 6) is -3.29. The predicted octanol–water partition coefficient (Wildman–Crippen LogP) is 2.04. The molecule has 0 spiro atoms. The number of benzene rings is 1. The number of amides is 2. The van der Waals surface area contributed by atoms with E-state index in [1.165, 1.54) is 17.0 Å². The molecule has 0 saturated carbocycles. The van der Waals surface area contributed by atoms with E-state index in [0.29, 0.717) is 18.7 Å². The molecule has 2 amide bonds. The van der Waals surface area contributed by atoms with Gasteiger partial charge in [0.1, 0.15) is 5.82 Å². The number of alkyl carbamates (subject to hydrolysis) is 1. The molecule has 2 rings (SSSR count). The first kappa shape index (κ1) is 17.5. The van der Waals surface area contributed by atoms with E-state index < -0.39 is 23.6 Å². The van der Waals surface area contributed by atoms with Crippen LogP contribution in [0.1, 0.15) is 25.3 Å². The Labute approximate surface area is 138 Å². The molecule has 0 radical (unpaired) electrons. The van der Waals surface area contributed by atoms with Crippen molar-refractivity contribution in [1.29, 1.82) is 0 Å². The number of carbonyl (C=O) groups excluding carboxylic acids is 2. The van der Waals surface area contributed by atoms with Crippen LogP contribution in [0.25, 0.3) is 0 Å². The second-order valence-electron chi connectivity index (χ2n) is 5.35.